The molecule has 1 saturated carbocycles. The molecule has 0 spiro atoms. The molecular weight excluding hydrogens is 204 g/mol. The van der Waals surface area contributed by atoms with Crippen LogP contribution in [0, 0.1) is 0 Å². The van der Waals surface area contributed by atoms with Crippen LogP contribution in [0.4, 0.5) is 0 Å². The van der Waals surface area contributed by atoms with E-state index in [0.717, 1.165) is 6.04 Å². The van der Waals surface area contributed by atoms with E-state index >= 15 is 0 Å². The van der Waals surface area contributed by atoms with E-state index in [1.54, 1.807) is 0 Å². The standard InChI is InChI=1S/C12H24N2S/c1-3-11-9-14(8-4-7-13-11)10-12(15-2)5-6-12/h11,13H,3-10H2,1-2H3. The van der Waals surface area contributed by atoms with E-state index < -0.39 is 0 Å². The van der Waals surface area contributed by atoms with Crippen LogP contribution in [-0.2, 0) is 0 Å². The average Bonchev–Trinajstić information content (AvgIpc) is 3.04. The fraction of sp³-hybridized carbons (Fsp3) is 1.00. The fourth-order valence-electron chi connectivity index (χ4n) is 2.47. The first kappa shape index (κ1) is 11.7. The molecular formula is C12H24N2S. The van der Waals surface area contributed by atoms with Gasteiger partial charge in [0.15, 0.2) is 0 Å². The second-order valence-corrected chi connectivity index (χ2v) is 6.31. The maximum atomic E-state index is 3.64. The second kappa shape index (κ2) is 5.07. The molecule has 3 heteroatoms. The van der Waals surface area contributed by atoms with Crippen molar-refractivity contribution in [2.75, 3.05) is 32.4 Å². The lowest BCUT2D eigenvalue weighted by atomic mass is 10.2. The van der Waals surface area contributed by atoms with Gasteiger partial charge in [0.05, 0.1) is 0 Å². The Hall–Kier alpha value is 0.270. The lowest BCUT2D eigenvalue weighted by Gasteiger charge is -2.27. The molecule has 0 amide bonds. The molecule has 0 aromatic carbocycles. The first-order valence-corrected chi connectivity index (χ1v) is 7.51. The summed E-state index contributed by atoms with van der Waals surface area (Å²) < 4.78 is 0.641. The second-order valence-electron chi connectivity index (χ2n) is 5.04. The van der Waals surface area contributed by atoms with E-state index in [-0.39, 0.29) is 0 Å². The molecule has 0 aromatic heterocycles. The first-order valence-electron chi connectivity index (χ1n) is 6.29. The summed E-state index contributed by atoms with van der Waals surface area (Å²) in [6.07, 6.45) is 7.74. The summed E-state index contributed by atoms with van der Waals surface area (Å²) in [5, 5.41) is 3.64. The van der Waals surface area contributed by atoms with E-state index in [1.165, 1.54) is 51.9 Å². The maximum absolute atomic E-state index is 3.64. The summed E-state index contributed by atoms with van der Waals surface area (Å²) in [5.74, 6) is 0. The number of thioether (sulfide) groups is 1. The van der Waals surface area contributed by atoms with Crippen molar-refractivity contribution in [2.24, 2.45) is 0 Å². The topological polar surface area (TPSA) is 15.3 Å². The highest BCUT2D eigenvalue weighted by molar-refractivity contribution is 8.00. The van der Waals surface area contributed by atoms with Gasteiger partial charge in [-0.15, -0.1) is 0 Å². The largest absolute Gasteiger partial charge is 0.313 e. The van der Waals surface area contributed by atoms with Gasteiger partial charge in [-0.1, -0.05) is 6.92 Å². The molecule has 1 unspecified atom stereocenters. The van der Waals surface area contributed by atoms with Gasteiger partial charge in [0.25, 0.3) is 0 Å². The van der Waals surface area contributed by atoms with Gasteiger partial charge in [0.1, 0.15) is 0 Å². The van der Waals surface area contributed by atoms with Crippen molar-refractivity contribution in [3.8, 4) is 0 Å². The molecule has 0 bridgehead atoms. The van der Waals surface area contributed by atoms with Gasteiger partial charge in [0, 0.05) is 23.9 Å². The Morgan fingerprint density at radius 1 is 1.47 bits per heavy atom. The molecule has 2 nitrogen and oxygen atoms in total. The molecule has 2 aliphatic rings. The molecule has 1 aliphatic carbocycles. The number of rotatable bonds is 4. The molecule has 1 aliphatic heterocycles. The molecule has 88 valence electrons. The molecule has 1 heterocycles. The van der Waals surface area contributed by atoms with Gasteiger partial charge in [0.2, 0.25) is 0 Å². The van der Waals surface area contributed by atoms with Crippen LogP contribution in [0.5, 0.6) is 0 Å². The number of hydrogen-bond donors (Lipinski definition) is 1. The molecule has 0 radical (unpaired) electrons. The van der Waals surface area contributed by atoms with E-state index in [2.05, 4.69) is 35.2 Å². The minimum Gasteiger partial charge on any atom is -0.313 e. The van der Waals surface area contributed by atoms with Crippen molar-refractivity contribution in [3.63, 3.8) is 0 Å². The van der Waals surface area contributed by atoms with E-state index in [9.17, 15) is 0 Å². The summed E-state index contributed by atoms with van der Waals surface area (Å²) in [4.78, 5) is 2.69. The Bertz CT molecular complexity index is 204. The highest BCUT2D eigenvalue weighted by Gasteiger charge is 2.43. The summed E-state index contributed by atoms with van der Waals surface area (Å²) in [6.45, 7) is 7.39. The Balaban J connectivity index is 1.84. The van der Waals surface area contributed by atoms with Gasteiger partial charge < -0.3 is 10.2 Å². The van der Waals surface area contributed by atoms with E-state index in [0.29, 0.717) is 4.75 Å². The lowest BCUT2D eigenvalue weighted by molar-refractivity contribution is 0.262. The van der Waals surface area contributed by atoms with Crippen molar-refractivity contribution >= 4 is 11.8 Å². The normalized spacial score (nSPS) is 31.2. The van der Waals surface area contributed by atoms with Crippen LogP contribution in [0.2, 0.25) is 0 Å². The highest BCUT2D eigenvalue weighted by Crippen LogP contribution is 2.47. The summed E-state index contributed by atoms with van der Waals surface area (Å²) in [5.41, 5.74) is 0. The molecule has 0 aromatic rings. The van der Waals surface area contributed by atoms with E-state index in [4.69, 9.17) is 0 Å². The zero-order valence-corrected chi connectivity index (χ0v) is 10.9. The van der Waals surface area contributed by atoms with Crippen molar-refractivity contribution in [1.29, 1.82) is 0 Å². The monoisotopic (exact) mass is 228 g/mol. The van der Waals surface area contributed by atoms with Crippen molar-refractivity contribution in [2.45, 2.75) is 43.4 Å². The Labute approximate surface area is 98.2 Å². The first-order chi connectivity index (χ1) is 7.28. The Morgan fingerprint density at radius 3 is 2.87 bits per heavy atom. The predicted molar refractivity (Wildman–Crippen MR) is 68.6 cm³/mol. The summed E-state index contributed by atoms with van der Waals surface area (Å²) in [6, 6.07) is 0.727. The number of nitrogens with one attached hydrogen (secondary N) is 1. The van der Waals surface area contributed by atoms with Crippen LogP contribution in [0.3, 0.4) is 0 Å². The zero-order valence-electron chi connectivity index (χ0n) is 10.1. The van der Waals surface area contributed by atoms with Crippen LogP contribution in [0.25, 0.3) is 0 Å². The SMILES string of the molecule is CCC1CN(CC2(SC)CC2)CCCN1. The van der Waals surface area contributed by atoms with Gasteiger partial charge in [-0.2, -0.15) is 11.8 Å². The van der Waals surface area contributed by atoms with Gasteiger partial charge in [-0.25, -0.2) is 0 Å². The third kappa shape index (κ3) is 3.11. The maximum Gasteiger partial charge on any atom is 0.0285 e. The minimum absolute atomic E-state index is 0.641. The third-order valence-electron chi connectivity index (χ3n) is 3.81. The number of nitrogens with zero attached hydrogens (tertiary/aromatic N) is 1. The Morgan fingerprint density at radius 2 is 2.27 bits per heavy atom. The highest BCUT2D eigenvalue weighted by atomic mass is 32.2. The average molecular weight is 228 g/mol. The quantitative estimate of drug-likeness (QED) is 0.792. The fourth-order valence-corrected chi connectivity index (χ4v) is 3.29. The smallest absolute Gasteiger partial charge is 0.0285 e. The van der Waals surface area contributed by atoms with Gasteiger partial charge in [-0.3, -0.25) is 0 Å². The molecule has 1 atom stereocenters. The molecule has 2 fully saturated rings. The molecule has 1 saturated heterocycles. The minimum atomic E-state index is 0.641. The lowest BCUT2D eigenvalue weighted by Crippen LogP contribution is -2.40. The molecule has 1 N–H and O–H groups in total. The van der Waals surface area contributed by atoms with Gasteiger partial charge in [-0.05, 0) is 45.0 Å². The molecule has 2 rings (SSSR count). The van der Waals surface area contributed by atoms with E-state index in [1.807, 2.05) is 0 Å². The van der Waals surface area contributed by atoms with Crippen molar-refractivity contribution < 1.29 is 0 Å². The summed E-state index contributed by atoms with van der Waals surface area (Å²) in [7, 11) is 0. The third-order valence-corrected chi connectivity index (χ3v) is 5.21. The summed E-state index contributed by atoms with van der Waals surface area (Å²) >= 11 is 2.09. The van der Waals surface area contributed by atoms with Crippen LogP contribution in [-0.4, -0.2) is 48.1 Å². The molecule has 15 heavy (non-hydrogen) atoms. The van der Waals surface area contributed by atoms with Crippen LogP contribution < -0.4 is 5.32 Å². The van der Waals surface area contributed by atoms with Crippen LogP contribution in [0.15, 0.2) is 0 Å². The van der Waals surface area contributed by atoms with Crippen LogP contribution in [0.1, 0.15) is 32.6 Å². The predicted octanol–water partition coefficient (Wildman–Crippen LogP) is 1.96. The number of hydrogen-bond acceptors (Lipinski definition) is 3. The van der Waals surface area contributed by atoms with Crippen molar-refractivity contribution in [3.05, 3.63) is 0 Å². The Kier molecular flexibility index (Phi) is 3.97. The van der Waals surface area contributed by atoms with Gasteiger partial charge >= 0.3 is 0 Å². The van der Waals surface area contributed by atoms with Crippen LogP contribution >= 0.6 is 11.8 Å². The van der Waals surface area contributed by atoms with Crippen molar-refractivity contribution in [1.82, 2.24) is 10.2 Å². The zero-order chi connectivity index (χ0) is 10.7.